The van der Waals surface area contributed by atoms with Gasteiger partial charge in [-0.3, -0.25) is 0 Å². The van der Waals surface area contributed by atoms with Crippen molar-refractivity contribution in [3.05, 3.63) is 12.3 Å². The average Bonchev–Trinajstić information content (AvgIpc) is 2.31. The van der Waals surface area contributed by atoms with Crippen molar-refractivity contribution >= 4 is 15.9 Å². The van der Waals surface area contributed by atoms with Gasteiger partial charge in [-0.05, 0) is 12.8 Å². The molecule has 1 aliphatic heterocycles. The Balaban J connectivity index is 2.65. The van der Waals surface area contributed by atoms with Gasteiger partial charge < -0.3 is 0 Å². The molecule has 5 heteroatoms. The molecule has 72 valence electrons. The lowest BCUT2D eigenvalue weighted by molar-refractivity contribution is 0.563. The van der Waals surface area contributed by atoms with Crippen LogP contribution in [-0.2, 0) is 14.6 Å². The van der Waals surface area contributed by atoms with Crippen molar-refractivity contribution in [2.45, 2.75) is 24.5 Å². The summed E-state index contributed by atoms with van der Waals surface area (Å²) < 4.78 is 22.6. The van der Waals surface area contributed by atoms with Crippen molar-refractivity contribution in [3.63, 3.8) is 0 Å². The van der Waals surface area contributed by atoms with Crippen LogP contribution in [0.3, 0.4) is 0 Å². The number of allylic oxidation sites excluding steroid dienone is 1. The number of isocyanates is 1. The third-order valence-electron chi connectivity index (χ3n) is 2.13. The van der Waals surface area contributed by atoms with Crippen LogP contribution in [-0.4, -0.2) is 25.5 Å². The highest BCUT2D eigenvalue weighted by molar-refractivity contribution is 7.92. The van der Waals surface area contributed by atoms with Gasteiger partial charge in [-0.15, -0.1) is 0 Å². The normalized spacial score (nSPS) is 25.1. The van der Waals surface area contributed by atoms with Crippen LogP contribution in [0, 0.1) is 0 Å². The number of rotatable bonds is 3. The van der Waals surface area contributed by atoms with E-state index in [2.05, 4.69) is 11.6 Å². The first-order valence-electron chi connectivity index (χ1n) is 4.03. The van der Waals surface area contributed by atoms with Gasteiger partial charge in [0.1, 0.15) is 0 Å². The van der Waals surface area contributed by atoms with E-state index in [0.717, 1.165) is 0 Å². The van der Waals surface area contributed by atoms with Gasteiger partial charge in [0.25, 0.3) is 0 Å². The lowest BCUT2D eigenvalue weighted by atomic mass is 10.2. The van der Waals surface area contributed by atoms with Crippen LogP contribution in [0.2, 0.25) is 0 Å². The predicted octanol–water partition coefficient (Wildman–Crippen LogP) is 0.803. The maximum absolute atomic E-state index is 11.3. The van der Waals surface area contributed by atoms with Gasteiger partial charge in [-0.1, -0.05) is 6.58 Å². The highest BCUT2D eigenvalue weighted by atomic mass is 32.2. The van der Waals surface area contributed by atoms with E-state index < -0.39 is 15.1 Å². The summed E-state index contributed by atoms with van der Waals surface area (Å²) in [6, 6.07) is 0. The Kier molecular flexibility index (Phi) is 3.01. The lowest BCUT2D eigenvalue weighted by Gasteiger charge is -2.06. The smallest absolute Gasteiger partial charge is 0.229 e. The molecule has 1 rings (SSSR count). The second-order valence-electron chi connectivity index (χ2n) is 3.10. The van der Waals surface area contributed by atoms with Gasteiger partial charge in [0.2, 0.25) is 6.08 Å². The monoisotopic (exact) mass is 201 g/mol. The van der Waals surface area contributed by atoms with Crippen LogP contribution in [0.4, 0.5) is 0 Å². The van der Waals surface area contributed by atoms with Gasteiger partial charge in [-0.25, -0.2) is 13.2 Å². The Morgan fingerprint density at radius 1 is 1.62 bits per heavy atom. The minimum atomic E-state index is -2.95. The molecule has 0 saturated carbocycles. The number of aliphatic imine (C=N–C) groups is 1. The number of hydrogen-bond donors (Lipinski definition) is 0. The molecule has 0 bridgehead atoms. The Morgan fingerprint density at radius 2 is 2.31 bits per heavy atom. The van der Waals surface area contributed by atoms with Gasteiger partial charge in [0.15, 0.2) is 9.84 Å². The second-order valence-corrected chi connectivity index (χ2v) is 5.51. The molecule has 1 unspecified atom stereocenters. The van der Waals surface area contributed by atoms with Gasteiger partial charge in [0.05, 0.1) is 11.0 Å². The standard InChI is InChI=1S/C8H11NO3S/c1-7(9-6-10)5-8-3-2-4-13(8,11)12/h8H,1-5H2. The molecular weight excluding hydrogens is 190 g/mol. The fourth-order valence-electron chi connectivity index (χ4n) is 1.46. The van der Waals surface area contributed by atoms with Crippen LogP contribution in [0.5, 0.6) is 0 Å². The van der Waals surface area contributed by atoms with Gasteiger partial charge >= 0.3 is 0 Å². The Morgan fingerprint density at radius 3 is 2.77 bits per heavy atom. The number of nitrogens with zero attached hydrogens (tertiary/aromatic N) is 1. The van der Waals surface area contributed by atoms with E-state index in [-0.39, 0.29) is 12.2 Å². The predicted molar refractivity (Wildman–Crippen MR) is 48.7 cm³/mol. The quantitative estimate of drug-likeness (QED) is 0.501. The van der Waals surface area contributed by atoms with Gasteiger partial charge in [-0.2, -0.15) is 4.99 Å². The van der Waals surface area contributed by atoms with Crippen molar-refractivity contribution in [3.8, 4) is 0 Å². The van der Waals surface area contributed by atoms with E-state index in [0.29, 0.717) is 18.5 Å². The van der Waals surface area contributed by atoms with E-state index in [9.17, 15) is 13.2 Å². The molecule has 0 amide bonds. The first kappa shape index (κ1) is 10.2. The minimum Gasteiger partial charge on any atom is -0.229 e. The number of sulfone groups is 1. The summed E-state index contributed by atoms with van der Waals surface area (Å²) in [4.78, 5) is 13.1. The zero-order chi connectivity index (χ0) is 9.90. The molecule has 0 aliphatic carbocycles. The van der Waals surface area contributed by atoms with Crippen LogP contribution >= 0.6 is 0 Å². The lowest BCUT2D eigenvalue weighted by Crippen LogP contribution is -2.15. The molecule has 1 atom stereocenters. The zero-order valence-electron chi connectivity index (χ0n) is 7.19. The summed E-state index contributed by atoms with van der Waals surface area (Å²) in [6.07, 6.45) is 2.96. The summed E-state index contributed by atoms with van der Waals surface area (Å²) in [5.74, 6) is 0.246. The molecule has 0 N–H and O–H groups in total. The average molecular weight is 201 g/mol. The summed E-state index contributed by atoms with van der Waals surface area (Å²) in [6.45, 7) is 3.48. The SMILES string of the molecule is C=C(CC1CCCS1(=O)=O)N=C=O. The van der Waals surface area contributed by atoms with E-state index in [4.69, 9.17) is 0 Å². The molecule has 0 aromatic rings. The summed E-state index contributed by atoms with van der Waals surface area (Å²) in [7, 11) is -2.95. The van der Waals surface area contributed by atoms with Gasteiger partial charge in [0, 0.05) is 12.1 Å². The van der Waals surface area contributed by atoms with E-state index in [1.807, 2.05) is 0 Å². The summed E-state index contributed by atoms with van der Waals surface area (Å²) in [5, 5.41) is -0.392. The summed E-state index contributed by atoms with van der Waals surface area (Å²) >= 11 is 0. The fourth-order valence-corrected chi connectivity index (χ4v) is 3.33. The van der Waals surface area contributed by atoms with Crippen LogP contribution in [0.1, 0.15) is 19.3 Å². The van der Waals surface area contributed by atoms with Crippen molar-refractivity contribution in [1.82, 2.24) is 0 Å². The van der Waals surface area contributed by atoms with E-state index in [1.165, 1.54) is 6.08 Å². The molecule has 1 heterocycles. The highest BCUT2D eigenvalue weighted by Crippen LogP contribution is 2.25. The Hall–Kier alpha value is -0.930. The van der Waals surface area contributed by atoms with E-state index in [1.54, 1.807) is 0 Å². The van der Waals surface area contributed by atoms with Crippen molar-refractivity contribution in [1.29, 1.82) is 0 Å². The highest BCUT2D eigenvalue weighted by Gasteiger charge is 2.31. The van der Waals surface area contributed by atoms with Crippen molar-refractivity contribution in [2.75, 3.05) is 5.75 Å². The van der Waals surface area contributed by atoms with Crippen molar-refractivity contribution < 1.29 is 13.2 Å². The third kappa shape index (κ3) is 2.50. The van der Waals surface area contributed by atoms with Crippen LogP contribution < -0.4 is 0 Å². The molecule has 4 nitrogen and oxygen atoms in total. The number of carbonyl (C=O) groups excluding carboxylic acids is 1. The molecule has 1 aliphatic rings. The molecule has 1 fully saturated rings. The fraction of sp³-hybridized carbons (Fsp3) is 0.625. The van der Waals surface area contributed by atoms with Crippen LogP contribution in [0.25, 0.3) is 0 Å². The molecule has 0 radical (unpaired) electrons. The molecule has 13 heavy (non-hydrogen) atoms. The number of hydrogen-bond acceptors (Lipinski definition) is 4. The molecule has 0 aromatic heterocycles. The third-order valence-corrected chi connectivity index (χ3v) is 4.41. The first-order valence-corrected chi connectivity index (χ1v) is 5.75. The molecule has 0 aromatic carbocycles. The first-order chi connectivity index (χ1) is 6.06. The van der Waals surface area contributed by atoms with Crippen LogP contribution in [0.15, 0.2) is 17.3 Å². The maximum atomic E-state index is 11.3. The topological polar surface area (TPSA) is 63.6 Å². The largest absolute Gasteiger partial charge is 0.240 e. The molecular formula is C8H11NO3S. The Labute approximate surface area is 77.3 Å². The maximum Gasteiger partial charge on any atom is 0.240 e. The Bertz CT molecular complexity index is 352. The summed E-state index contributed by atoms with van der Waals surface area (Å²) in [5.41, 5.74) is 0.297. The zero-order valence-corrected chi connectivity index (χ0v) is 8.01. The molecule has 1 saturated heterocycles. The molecule has 0 spiro atoms. The van der Waals surface area contributed by atoms with Crippen molar-refractivity contribution in [2.24, 2.45) is 4.99 Å². The minimum absolute atomic E-state index is 0.246. The second kappa shape index (κ2) is 3.85. The van der Waals surface area contributed by atoms with E-state index >= 15 is 0 Å².